The number of benzene rings is 1. The van der Waals surface area contributed by atoms with Gasteiger partial charge in [-0.25, -0.2) is 4.98 Å². The number of piperidine rings is 1. The molecule has 0 saturated carbocycles. The number of pyridine rings is 1. The van der Waals surface area contributed by atoms with Crippen molar-refractivity contribution in [3.63, 3.8) is 0 Å². The average molecular weight is 333 g/mol. The molecule has 0 unspecified atom stereocenters. The molecule has 0 atom stereocenters. The molecule has 0 bridgehead atoms. The molecular weight excluding hydrogens is 310 g/mol. The minimum Gasteiger partial charge on any atom is -0.398 e. The van der Waals surface area contributed by atoms with Crippen molar-refractivity contribution in [2.24, 2.45) is 0 Å². The Bertz CT molecular complexity index is 819. The van der Waals surface area contributed by atoms with Crippen molar-refractivity contribution in [1.82, 2.24) is 19.4 Å². The summed E-state index contributed by atoms with van der Waals surface area (Å²) in [5.41, 5.74) is 10.3. The highest BCUT2D eigenvalue weighted by Gasteiger charge is 2.23. The van der Waals surface area contributed by atoms with Crippen LogP contribution in [-0.4, -0.2) is 32.5 Å². The maximum Gasteiger partial charge on any atom is 0.0953 e. The lowest BCUT2D eigenvalue weighted by Crippen LogP contribution is -2.34. The molecule has 1 aliphatic rings. The minimum absolute atomic E-state index is 0.462. The summed E-state index contributed by atoms with van der Waals surface area (Å²) in [6.45, 7) is 3.22. The van der Waals surface area contributed by atoms with Crippen molar-refractivity contribution in [1.29, 1.82) is 0 Å². The number of hydrogen-bond donors (Lipinski definition) is 1. The van der Waals surface area contributed by atoms with E-state index in [9.17, 15) is 0 Å². The zero-order chi connectivity index (χ0) is 17.1. The first-order valence-corrected chi connectivity index (χ1v) is 8.79. The fourth-order valence-corrected chi connectivity index (χ4v) is 3.62. The molecule has 0 amide bonds. The van der Waals surface area contributed by atoms with E-state index in [0.29, 0.717) is 6.04 Å². The summed E-state index contributed by atoms with van der Waals surface area (Å²) < 4.78 is 2.27. The Morgan fingerprint density at radius 1 is 1.00 bits per heavy atom. The maximum absolute atomic E-state index is 6.13. The van der Waals surface area contributed by atoms with Gasteiger partial charge in [-0.1, -0.05) is 30.3 Å². The van der Waals surface area contributed by atoms with Gasteiger partial charge in [0.05, 0.1) is 18.2 Å². The summed E-state index contributed by atoms with van der Waals surface area (Å²) in [5.74, 6) is 0. The fourth-order valence-electron chi connectivity index (χ4n) is 3.62. The van der Waals surface area contributed by atoms with Crippen molar-refractivity contribution in [3.05, 3.63) is 66.9 Å². The predicted octanol–water partition coefficient (Wildman–Crippen LogP) is 3.36. The number of imidazole rings is 1. The van der Waals surface area contributed by atoms with E-state index < -0.39 is 0 Å². The molecule has 2 aromatic heterocycles. The molecule has 128 valence electrons. The molecule has 5 nitrogen and oxygen atoms in total. The van der Waals surface area contributed by atoms with E-state index in [-0.39, 0.29) is 0 Å². The molecule has 0 spiro atoms. The van der Waals surface area contributed by atoms with Crippen LogP contribution in [0.15, 0.2) is 61.3 Å². The minimum atomic E-state index is 0.462. The first kappa shape index (κ1) is 15.8. The van der Waals surface area contributed by atoms with Gasteiger partial charge in [0, 0.05) is 49.3 Å². The molecule has 1 aromatic carbocycles. The Balaban J connectivity index is 1.45. The first-order chi connectivity index (χ1) is 12.3. The van der Waals surface area contributed by atoms with Gasteiger partial charge in [0.15, 0.2) is 0 Å². The van der Waals surface area contributed by atoms with Crippen LogP contribution < -0.4 is 5.73 Å². The molecule has 0 radical (unpaired) electrons. The Labute approximate surface area is 148 Å². The quantitative estimate of drug-likeness (QED) is 0.795. The summed E-state index contributed by atoms with van der Waals surface area (Å²) in [6, 6.07) is 13.0. The smallest absolute Gasteiger partial charge is 0.0953 e. The van der Waals surface area contributed by atoms with Crippen molar-refractivity contribution in [3.8, 4) is 11.3 Å². The van der Waals surface area contributed by atoms with Gasteiger partial charge < -0.3 is 10.3 Å². The molecule has 4 rings (SSSR count). The topological polar surface area (TPSA) is 60.0 Å². The van der Waals surface area contributed by atoms with Gasteiger partial charge >= 0.3 is 0 Å². The molecule has 25 heavy (non-hydrogen) atoms. The number of nitrogens with two attached hydrogens (primary N) is 1. The second-order valence-corrected chi connectivity index (χ2v) is 6.64. The normalized spacial score (nSPS) is 16.2. The van der Waals surface area contributed by atoms with E-state index in [1.807, 2.05) is 24.8 Å². The van der Waals surface area contributed by atoms with E-state index in [0.717, 1.165) is 49.4 Å². The highest BCUT2D eigenvalue weighted by molar-refractivity contribution is 5.72. The van der Waals surface area contributed by atoms with Crippen LogP contribution in [0.1, 0.15) is 24.4 Å². The highest BCUT2D eigenvalue weighted by atomic mass is 15.2. The van der Waals surface area contributed by atoms with Crippen LogP contribution in [0.5, 0.6) is 0 Å². The molecule has 3 heterocycles. The Morgan fingerprint density at radius 2 is 1.80 bits per heavy atom. The number of nitrogen functional groups attached to an aromatic ring is 1. The van der Waals surface area contributed by atoms with Gasteiger partial charge in [-0.3, -0.25) is 9.88 Å². The Kier molecular flexibility index (Phi) is 4.48. The number of aromatic nitrogens is 3. The van der Waals surface area contributed by atoms with Crippen LogP contribution in [0.3, 0.4) is 0 Å². The van der Waals surface area contributed by atoms with E-state index >= 15 is 0 Å². The second-order valence-electron chi connectivity index (χ2n) is 6.64. The fraction of sp³-hybridized carbons (Fsp3) is 0.300. The number of rotatable bonds is 4. The van der Waals surface area contributed by atoms with Crippen LogP contribution >= 0.6 is 0 Å². The SMILES string of the molecule is Nc1ccncc1-c1cncn1C1CCN(Cc2ccccc2)CC1. The van der Waals surface area contributed by atoms with Crippen molar-refractivity contribution >= 4 is 5.69 Å². The van der Waals surface area contributed by atoms with E-state index in [4.69, 9.17) is 5.73 Å². The molecule has 3 aromatic rings. The molecule has 1 saturated heterocycles. The molecule has 1 aliphatic heterocycles. The molecular formula is C20H23N5. The van der Waals surface area contributed by atoms with Crippen LogP contribution in [-0.2, 0) is 6.54 Å². The van der Waals surface area contributed by atoms with Gasteiger partial charge in [-0.15, -0.1) is 0 Å². The lowest BCUT2D eigenvalue weighted by Gasteiger charge is -2.33. The van der Waals surface area contributed by atoms with Gasteiger partial charge in [-0.2, -0.15) is 0 Å². The van der Waals surface area contributed by atoms with Gasteiger partial charge in [-0.05, 0) is 24.5 Å². The second kappa shape index (κ2) is 7.07. The third kappa shape index (κ3) is 3.42. The third-order valence-corrected chi connectivity index (χ3v) is 5.00. The number of hydrogen-bond acceptors (Lipinski definition) is 4. The highest BCUT2D eigenvalue weighted by Crippen LogP contribution is 2.31. The van der Waals surface area contributed by atoms with E-state index in [2.05, 4.69) is 49.8 Å². The summed E-state index contributed by atoms with van der Waals surface area (Å²) in [7, 11) is 0. The molecule has 1 fully saturated rings. The Morgan fingerprint density at radius 3 is 2.56 bits per heavy atom. The number of nitrogens with zero attached hydrogens (tertiary/aromatic N) is 4. The zero-order valence-electron chi connectivity index (χ0n) is 14.3. The van der Waals surface area contributed by atoms with Gasteiger partial charge in [0.2, 0.25) is 0 Å². The van der Waals surface area contributed by atoms with Crippen molar-refractivity contribution in [2.75, 3.05) is 18.8 Å². The summed E-state index contributed by atoms with van der Waals surface area (Å²) in [6.07, 6.45) is 9.62. The van der Waals surface area contributed by atoms with E-state index in [1.165, 1.54) is 5.56 Å². The largest absolute Gasteiger partial charge is 0.398 e. The first-order valence-electron chi connectivity index (χ1n) is 8.79. The number of likely N-dealkylation sites (tertiary alicyclic amines) is 1. The summed E-state index contributed by atoms with van der Waals surface area (Å²) >= 11 is 0. The maximum atomic E-state index is 6.13. The van der Waals surface area contributed by atoms with Crippen molar-refractivity contribution < 1.29 is 0 Å². The Hall–Kier alpha value is -2.66. The van der Waals surface area contributed by atoms with Crippen LogP contribution in [0, 0.1) is 0 Å². The summed E-state index contributed by atoms with van der Waals surface area (Å²) in [5, 5.41) is 0. The van der Waals surface area contributed by atoms with E-state index in [1.54, 1.807) is 6.20 Å². The van der Waals surface area contributed by atoms with Gasteiger partial charge in [0.1, 0.15) is 0 Å². The lowest BCUT2D eigenvalue weighted by molar-refractivity contribution is 0.180. The zero-order valence-corrected chi connectivity index (χ0v) is 14.3. The van der Waals surface area contributed by atoms with Crippen molar-refractivity contribution in [2.45, 2.75) is 25.4 Å². The summed E-state index contributed by atoms with van der Waals surface area (Å²) in [4.78, 5) is 11.1. The van der Waals surface area contributed by atoms with Crippen LogP contribution in [0.25, 0.3) is 11.3 Å². The number of anilines is 1. The van der Waals surface area contributed by atoms with Crippen LogP contribution in [0.4, 0.5) is 5.69 Å². The van der Waals surface area contributed by atoms with Gasteiger partial charge in [0.25, 0.3) is 0 Å². The molecule has 5 heteroatoms. The predicted molar refractivity (Wildman–Crippen MR) is 99.9 cm³/mol. The third-order valence-electron chi connectivity index (χ3n) is 5.00. The lowest BCUT2D eigenvalue weighted by atomic mass is 10.0. The molecule has 2 N–H and O–H groups in total. The van der Waals surface area contributed by atoms with Crippen LogP contribution in [0.2, 0.25) is 0 Å². The average Bonchev–Trinajstić information content (AvgIpc) is 3.13. The standard InChI is InChI=1S/C20H23N5/c21-19-6-9-22-12-18(19)20-13-23-15-25(20)17-7-10-24(11-8-17)14-16-4-2-1-3-5-16/h1-6,9,12-13,15,17H,7-8,10-11,14H2,(H2,21,22). The molecule has 0 aliphatic carbocycles. The monoisotopic (exact) mass is 333 g/mol.